The first-order valence-electron chi connectivity index (χ1n) is 13.5. The van der Waals surface area contributed by atoms with Crippen LogP contribution in [0.3, 0.4) is 0 Å². The summed E-state index contributed by atoms with van der Waals surface area (Å²) in [7, 11) is -2.39. The first-order chi connectivity index (χ1) is 20.1. The molecule has 0 spiro atoms. The predicted molar refractivity (Wildman–Crippen MR) is 158 cm³/mol. The third-order valence-corrected chi connectivity index (χ3v) is 12.2. The number of rotatable bonds is 10. The lowest BCUT2D eigenvalue weighted by molar-refractivity contribution is 0.150. The standard InChI is InChI=1S/C26H32F2N8O4S3/c1-15(2)43(39,40)36-9-6-18(16(13-36)12-34(3)4)19-10-17(42(37,38)33-26(14-29)7-8-26)11-20-21(32-35(5)22(19)20)24-30-31-25(41-24)23(27)28/h10-11,15,23,33H,6-9,12-13H2,1-5H3. The van der Waals surface area contributed by atoms with Crippen LogP contribution in [0.4, 0.5) is 8.78 Å². The number of likely N-dealkylation sites (N-methyl/N-ethyl adjacent to an activating group) is 1. The number of nitriles is 1. The van der Waals surface area contributed by atoms with E-state index in [0.717, 1.165) is 11.1 Å². The summed E-state index contributed by atoms with van der Waals surface area (Å²) in [6.07, 6.45) is -1.76. The molecule has 0 saturated heterocycles. The highest BCUT2D eigenvalue weighted by Crippen LogP contribution is 2.41. The summed E-state index contributed by atoms with van der Waals surface area (Å²) >= 11 is 0.667. The van der Waals surface area contributed by atoms with Crippen LogP contribution in [0.25, 0.3) is 27.2 Å². The number of hydrogen-bond donors (Lipinski definition) is 1. The van der Waals surface area contributed by atoms with Crippen molar-refractivity contribution in [1.82, 2.24) is 33.9 Å². The van der Waals surface area contributed by atoms with Crippen LogP contribution in [-0.2, 0) is 27.1 Å². The number of nitrogens with one attached hydrogen (secondary N) is 1. The second-order valence-corrected chi connectivity index (χ2v) is 16.6. The molecule has 12 nitrogen and oxygen atoms in total. The van der Waals surface area contributed by atoms with Crippen molar-refractivity contribution in [3.05, 3.63) is 28.3 Å². The van der Waals surface area contributed by atoms with E-state index in [9.17, 15) is 30.9 Å². The van der Waals surface area contributed by atoms with Crippen LogP contribution < -0.4 is 4.72 Å². The van der Waals surface area contributed by atoms with Gasteiger partial charge in [0.05, 0.1) is 21.7 Å². The zero-order chi connectivity index (χ0) is 31.5. The largest absolute Gasteiger partial charge is 0.305 e. The minimum atomic E-state index is -4.21. The Hall–Kier alpha value is -2.88. The van der Waals surface area contributed by atoms with Gasteiger partial charge in [-0.1, -0.05) is 11.3 Å². The van der Waals surface area contributed by atoms with Crippen molar-refractivity contribution in [2.75, 3.05) is 33.7 Å². The molecular formula is C26H32F2N8O4S3. The maximum absolute atomic E-state index is 13.7. The Morgan fingerprint density at radius 2 is 1.88 bits per heavy atom. The Morgan fingerprint density at radius 3 is 2.44 bits per heavy atom. The minimum Gasteiger partial charge on any atom is -0.305 e. The normalized spacial score (nSPS) is 17.9. The smallest absolute Gasteiger partial charge is 0.291 e. The number of sulfonamides is 2. The topological polar surface area (TPSA) is 154 Å². The number of fused-ring (bicyclic) bond motifs is 1. The van der Waals surface area contributed by atoms with Crippen molar-refractivity contribution in [3.8, 4) is 16.8 Å². The number of benzene rings is 1. The third-order valence-electron chi connectivity index (χ3n) is 7.54. The Morgan fingerprint density at radius 1 is 1.19 bits per heavy atom. The third kappa shape index (κ3) is 5.96. The molecule has 3 heterocycles. The van der Waals surface area contributed by atoms with Crippen LogP contribution in [0.15, 0.2) is 22.6 Å². The van der Waals surface area contributed by atoms with Gasteiger partial charge in [-0.05, 0) is 70.5 Å². The van der Waals surface area contributed by atoms with E-state index >= 15 is 0 Å². The molecule has 2 aliphatic rings. The quantitative estimate of drug-likeness (QED) is 0.347. The highest BCUT2D eigenvalue weighted by Gasteiger charge is 2.47. The van der Waals surface area contributed by atoms with E-state index < -0.39 is 42.3 Å². The molecule has 17 heteroatoms. The number of halogens is 2. The SMILES string of the molecule is CC(C)S(=O)(=O)N1CCC(c2cc(S(=O)(=O)NC3(C#N)CC3)cc3c(-c4nnc(C(F)F)s4)nn(C)c23)=C(CN(C)C)C1. The minimum absolute atomic E-state index is 0.102. The van der Waals surface area contributed by atoms with Gasteiger partial charge < -0.3 is 4.90 Å². The molecule has 1 N–H and O–H groups in total. The van der Waals surface area contributed by atoms with Crippen LogP contribution in [0.5, 0.6) is 0 Å². The van der Waals surface area contributed by atoms with Crippen LogP contribution >= 0.6 is 11.3 Å². The molecule has 1 aromatic carbocycles. The number of aromatic nitrogens is 4. The Bertz CT molecular complexity index is 1870. The Kier molecular flexibility index (Phi) is 8.24. The molecular weight excluding hydrogens is 623 g/mol. The van der Waals surface area contributed by atoms with Gasteiger partial charge in [-0.2, -0.15) is 19.4 Å². The highest BCUT2D eigenvalue weighted by atomic mass is 32.2. The lowest BCUT2D eigenvalue weighted by atomic mass is 9.92. The van der Waals surface area contributed by atoms with E-state index in [4.69, 9.17) is 0 Å². The van der Waals surface area contributed by atoms with Gasteiger partial charge in [-0.25, -0.2) is 25.6 Å². The summed E-state index contributed by atoms with van der Waals surface area (Å²) in [4.78, 5) is 1.78. The van der Waals surface area contributed by atoms with E-state index in [-0.39, 0.29) is 28.7 Å². The summed E-state index contributed by atoms with van der Waals surface area (Å²) in [5.74, 6) is 0. The fourth-order valence-corrected chi connectivity index (χ4v) is 8.60. The van der Waals surface area contributed by atoms with Crippen LogP contribution in [0.1, 0.15) is 50.1 Å². The molecule has 1 saturated carbocycles. The molecule has 0 atom stereocenters. The highest BCUT2D eigenvalue weighted by molar-refractivity contribution is 7.90. The average molecular weight is 655 g/mol. The van der Waals surface area contributed by atoms with E-state index in [1.54, 1.807) is 25.6 Å². The molecule has 0 bridgehead atoms. The monoisotopic (exact) mass is 654 g/mol. The van der Waals surface area contributed by atoms with Crippen LogP contribution in [0.2, 0.25) is 0 Å². The van der Waals surface area contributed by atoms with Gasteiger partial charge in [0.2, 0.25) is 20.0 Å². The maximum atomic E-state index is 13.7. The molecule has 2 aromatic heterocycles. The van der Waals surface area contributed by atoms with Crippen molar-refractivity contribution < 1.29 is 25.6 Å². The van der Waals surface area contributed by atoms with Gasteiger partial charge in [0.15, 0.2) is 10.0 Å². The molecule has 0 unspecified atom stereocenters. The van der Waals surface area contributed by atoms with Gasteiger partial charge in [-0.3, -0.25) is 4.68 Å². The second-order valence-electron chi connectivity index (χ2n) is 11.4. The summed E-state index contributed by atoms with van der Waals surface area (Å²) in [6, 6.07) is 4.96. The van der Waals surface area contributed by atoms with Gasteiger partial charge >= 0.3 is 0 Å². The molecule has 3 aromatic rings. The fourth-order valence-electron chi connectivity index (χ4n) is 5.20. The van der Waals surface area contributed by atoms with Crippen molar-refractivity contribution in [2.24, 2.45) is 7.05 Å². The van der Waals surface area contributed by atoms with Gasteiger partial charge in [0.1, 0.15) is 11.2 Å². The van der Waals surface area contributed by atoms with E-state index in [1.165, 1.54) is 16.4 Å². The maximum Gasteiger partial charge on any atom is 0.291 e. The van der Waals surface area contributed by atoms with Crippen LogP contribution in [-0.4, -0.2) is 90.5 Å². The zero-order valence-electron chi connectivity index (χ0n) is 24.3. The van der Waals surface area contributed by atoms with Crippen molar-refractivity contribution in [3.63, 3.8) is 0 Å². The molecule has 5 rings (SSSR count). The molecule has 1 aliphatic heterocycles. The summed E-state index contributed by atoms with van der Waals surface area (Å²) < 4.78 is 85.7. The van der Waals surface area contributed by atoms with Crippen molar-refractivity contribution >= 4 is 47.9 Å². The van der Waals surface area contributed by atoms with Crippen LogP contribution in [0, 0.1) is 11.3 Å². The Labute approximate surface area is 253 Å². The Balaban J connectivity index is 1.76. The van der Waals surface area contributed by atoms with Crippen molar-refractivity contribution in [2.45, 2.75) is 55.2 Å². The number of alkyl halides is 2. The summed E-state index contributed by atoms with van der Waals surface area (Å²) in [5, 5.41) is 20.9. The average Bonchev–Trinajstić information content (AvgIpc) is 3.35. The number of hydrogen-bond acceptors (Lipinski definition) is 10. The summed E-state index contributed by atoms with van der Waals surface area (Å²) in [5.41, 5.74) is 1.64. The van der Waals surface area contributed by atoms with E-state index in [1.807, 2.05) is 25.1 Å². The lowest BCUT2D eigenvalue weighted by Crippen LogP contribution is -2.42. The van der Waals surface area contributed by atoms with Crippen molar-refractivity contribution in [1.29, 1.82) is 5.26 Å². The van der Waals surface area contributed by atoms with Gasteiger partial charge in [0, 0.05) is 37.6 Å². The fraction of sp³-hybridized carbons (Fsp3) is 0.538. The molecule has 0 amide bonds. The summed E-state index contributed by atoms with van der Waals surface area (Å²) in [6.45, 7) is 3.99. The molecule has 1 aliphatic carbocycles. The van der Waals surface area contributed by atoms with Gasteiger partial charge in [0.25, 0.3) is 6.43 Å². The number of aryl methyl sites for hydroxylation is 1. The predicted octanol–water partition coefficient (Wildman–Crippen LogP) is 3.12. The first-order valence-corrected chi connectivity index (χ1v) is 17.3. The van der Waals surface area contributed by atoms with E-state index in [0.29, 0.717) is 53.6 Å². The lowest BCUT2D eigenvalue weighted by Gasteiger charge is -2.33. The zero-order valence-corrected chi connectivity index (χ0v) is 26.7. The number of nitrogens with zero attached hydrogens (tertiary/aromatic N) is 7. The first kappa shape index (κ1) is 31.5. The van der Waals surface area contributed by atoms with Gasteiger partial charge in [-0.15, -0.1) is 10.2 Å². The molecule has 0 radical (unpaired) electrons. The molecule has 43 heavy (non-hydrogen) atoms. The molecule has 1 fully saturated rings. The molecule has 232 valence electrons. The second kappa shape index (κ2) is 11.2. The van der Waals surface area contributed by atoms with E-state index in [2.05, 4.69) is 20.0 Å².